The molecule has 13 heavy (non-hydrogen) atoms. The van der Waals surface area contributed by atoms with Gasteiger partial charge in [0.1, 0.15) is 11.5 Å². The van der Waals surface area contributed by atoms with E-state index in [1.54, 1.807) is 6.92 Å². The molecule has 1 atom stereocenters. The SMILES string of the molecule is Cc1ccc(CNC(C)C(N)=O)o1. The minimum atomic E-state index is -0.358. The summed E-state index contributed by atoms with van der Waals surface area (Å²) in [7, 11) is 0. The van der Waals surface area contributed by atoms with E-state index in [0.717, 1.165) is 11.5 Å². The van der Waals surface area contributed by atoms with Crippen LogP contribution < -0.4 is 11.1 Å². The van der Waals surface area contributed by atoms with Crippen molar-refractivity contribution in [2.45, 2.75) is 26.4 Å². The van der Waals surface area contributed by atoms with Crippen molar-refractivity contribution in [1.82, 2.24) is 5.32 Å². The van der Waals surface area contributed by atoms with Crippen LogP contribution in [0.2, 0.25) is 0 Å². The summed E-state index contributed by atoms with van der Waals surface area (Å²) in [5.74, 6) is 1.32. The number of carbonyl (C=O) groups is 1. The zero-order valence-electron chi connectivity index (χ0n) is 7.83. The summed E-state index contributed by atoms with van der Waals surface area (Å²) < 4.78 is 5.30. The first kappa shape index (κ1) is 9.80. The lowest BCUT2D eigenvalue weighted by Crippen LogP contribution is -2.38. The van der Waals surface area contributed by atoms with Crippen molar-refractivity contribution in [3.05, 3.63) is 23.7 Å². The summed E-state index contributed by atoms with van der Waals surface area (Å²) in [6.07, 6.45) is 0. The predicted molar refractivity (Wildman–Crippen MR) is 48.9 cm³/mol. The summed E-state index contributed by atoms with van der Waals surface area (Å²) >= 11 is 0. The Labute approximate surface area is 77.1 Å². The third-order valence-corrected chi connectivity index (χ3v) is 1.81. The Balaban J connectivity index is 2.39. The lowest BCUT2D eigenvalue weighted by molar-refractivity contribution is -0.119. The number of rotatable bonds is 4. The van der Waals surface area contributed by atoms with Gasteiger partial charge in [0.05, 0.1) is 12.6 Å². The molecule has 4 nitrogen and oxygen atoms in total. The highest BCUT2D eigenvalue weighted by Crippen LogP contribution is 2.05. The topological polar surface area (TPSA) is 68.3 Å². The first-order chi connectivity index (χ1) is 6.09. The molecule has 72 valence electrons. The fourth-order valence-corrected chi connectivity index (χ4v) is 0.934. The van der Waals surface area contributed by atoms with Crippen LogP contribution in [-0.4, -0.2) is 11.9 Å². The number of aryl methyl sites for hydroxylation is 1. The van der Waals surface area contributed by atoms with Crippen LogP contribution >= 0.6 is 0 Å². The van der Waals surface area contributed by atoms with Gasteiger partial charge in [-0.05, 0) is 26.0 Å². The third-order valence-electron chi connectivity index (χ3n) is 1.81. The van der Waals surface area contributed by atoms with Gasteiger partial charge >= 0.3 is 0 Å². The Morgan fingerprint density at radius 1 is 1.69 bits per heavy atom. The molecule has 0 saturated carbocycles. The summed E-state index contributed by atoms with van der Waals surface area (Å²) in [6.45, 7) is 4.12. The average Bonchev–Trinajstić information content (AvgIpc) is 2.47. The predicted octanol–water partition coefficient (Wildman–Crippen LogP) is 0.551. The molecule has 1 aromatic rings. The molecule has 0 aliphatic heterocycles. The van der Waals surface area contributed by atoms with Gasteiger partial charge in [0.25, 0.3) is 0 Å². The Morgan fingerprint density at radius 2 is 2.38 bits per heavy atom. The first-order valence-corrected chi connectivity index (χ1v) is 4.17. The van der Waals surface area contributed by atoms with Gasteiger partial charge in [-0.15, -0.1) is 0 Å². The number of carbonyl (C=O) groups excluding carboxylic acids is 1. The lowest BCUT2D eigenvalue weighted by Gasteiger charge is -2.07. The van der Waals surface area contributed by atoms with Gasteiger partial charge in [0.2, 0.25) is 5.91 Å². The van der Waals surface area contributed by atoms with Crippen molar-refractivity contribution in [1.29, 1.82) is 0 Å². The van der Waals surface area contributed by atoms with Crippen LogP contribution in [-0.2, 0) is 11.3 Å². The van der Waals surface area contributed by atoms with Crippen molar-refractivity contribution >= 4 is 5.91 Å². The summed E-state index contributed by atoms with van der Waals surface area (Å²) in [4.78, 5) is 10.7. The molecule has 0 spiro atoms. The minimum absolute atomic E-state index is 0.328. The second-order valence-electron chi connectivity index (χ2n) is 3.02. The highest BCUT2D eigenvalue weighted by molar-refractivity contribution is 5.79. The molecule has 1 rings (SSSR count). The molecule has 0 radical (unpaired) electrons. The smallest absolute Gasteiger partial charge is 0.234 e. The van der Waals surface area contributed by atoms with E-state index < -0.39 is 0 Å². The van der Waals surface area contributed by atoms with E-state index in [1.165, 1.54) is 0 Å². The van der Waals surface area contributed by atoms with Crippen LogP contribution in [0.1, 0.15) is 18.4 Å². The molecule has 3 N–H and O–H groups in total. The highest BCUT2D eigenvalue weighted by Gasteiger charge is 2.07. The van der Waals surface area contributed by atoms with Gasteiger partial charge < -0.3 is 10.2 Å². The minimum Gasteiger partial charge on any atom is -0.465 e. The van der Waals surface area contributed by atoms with Crippen molar-refractivity contribution < 1.29 is 9.21 Å². The van der Waals surface area contributed by atoms with E-state index in [1.807, 2.05) is 19.1 Å². The third kappa shape index (κ3) is 2.91. The van der Waals surface area contributed by atoms with E-state index in [9.17, 15) is 4.79 Å². The molecule has 0 saturated heterocycles. The molecule has 4 heteroatoms. The molecule has 0 aliphatic rings. The highest BCUT2D eigenvalue weighted by atomic mass is 16.3. The Hall–Kier alpha value is -1.29. The van der Waals surface area contributed by atoms with Crippen LogP contribution in [0, 0.1) is 6.92 Å². The molecule has 0 aromatic carbocycles. The van der Waals surface area contributed by atoms with Gasteiger partial charge in [-0.3, -0.25) is 10.1 Å². The van der Waals surface area contributed by atoms with Crippen LogP contribution in [0.3, 0.4) is 0 Å². The fraction of sp³-hybridized carbons (Fsp3) is 0.444. The molecule has 1 unspecified atom stereocenters. The van der Waals surface area contributed by atoms with Crippen LogP contribution in [0.25, 0.3) is 0 Å². The lowest BCUT2D eigenvalue weighted by atomic mass is 10.3. The van der Waals surface area contributed by atoms with Crippen molar-refractivity contribution in [2.75, 3.05) is 0 Å². The van der Waals surface area contributed by atoms with Crippen molar-refractivity contribution in [3.63, 3.8) is 0 Å². The van der Waals surface area contributed by atoms with Crippen molar-refractivity contribution in [3.8, 4) is 0 Å². The zero-order chi connectivity index (χ0) is 9.84. The van der Waals surface area contributed by atoms with Gasteiger partial charge in [-0.25, -0.2) is 0 Å². The quantitative estimate of drug-likeness (QED) is 0.714. The number of amides is 1. The summed E-state index contributed by atoms with van der Waals surface area (Å²) in [6, 6.07) is 3.42. The van der Waals surface area contributed by atoms with E-state index in [2.05, 4.69) is 5.32 Å². The number of hydrogen-bond acceptors (Lipinski definition) is 3. The molecule has 1 heterocycles. The molecule has 0 aliphatic carbocycles. The summed E-state index contributed by atoms with van der Waals surface area (Å²) in [5.41, 5.74) is 5.07. The Bertz CT molecular complexity index is 294. The van der Waals surface area contributed by atoms with E-state index in [0.29, 0.717) is 6.54 Å². The summed E-state index contributed by atoms with van der Waals surface area (Å²) in [5, 5.41) is 2.94. The number of primary amides is 1. The fourth-order valence-electron chi connectivity index (χ4n) is 0.934. The zero-order valence-corrected chi connectivity index (χ0v) is 7.83. The van der Waals surface area contributed by atoms with E-state index in [-0.39, 0.29) is 11.9 Å². The maximum Gasteiger partial charge on any atom is 0.234 e. The maximum atomic E-state index is 10.7. The van der Waals surface area contributed by atoms with Crippen LogP contribution in [0.5, 0.6) is 0 Å². The second-order valence-corrected chi connectivity index (χ2v) is 3.02. The van der Waals surface area contributed by atoms with Crippen LogP contribution in [0.4, 0.5) is 0 Å². The van der Waals surface area contributed by atoms with Gasteiger partial charge in [0, 0.05) is 0 Å². The van der Waals surface area contributed by atoms with E-state index >= 15 is 0 Å². The first-order valence-electron chi connectivity index (χ1n) is 4.17. The standard InChI is InChI=1S/C9H14N2O2/c1-6-3-4-8(13-6)5-11-7(2)9(10)12/h3-4,7,11H,5H2,1-2H3,(H2,10,12). The normalized spacial score (nSPS) is 12.8. The van der Waals surface area contributed by atoms with E-state index in [4.69, 9.17) is 10.2 Å². The second kappa shape index (κ2) is 4.09. The molecule has 1 amide bonds. The molecular formula is C9H14N2O2. The monoisotopic (exact) mass is 182 g/mol. The molecule has 0 fully saturated rings. The Morgan fingerprint density at radius 3 is 2.85 bits per heavy atom. The Kier molecular flexibility index (Phi) is 3.08. The van der Waals surface area contributed by atoms with Crippen molar-refractivity contribution in [2.24, 2.45) is 5.73 Å². The number of hydrogen-bond donors (Lipinski definition) is 2. The van der Waals surface area contributed by atoms with Gasteiger partial charge in [-0.2, -0.15) is 0 Å². The number of furan rings is 1. The van der Waals surface area contributed by atoms with Crippen LogP contribution in [0.15, 0.2) is 16.5 Å². The van der Waals surface area contributed by atoms with Gasteiger partial charge in [0.15, 0.2) is 0 Å². The number of nitrogens with one attached hydrogen (secondary N) is 1. The largest absolute Gasteiger partial charge is 0.465 e. The number of nitrogens with two attached hydrogens (primary N) is 1. The molecule has 0 bridgehead atoms. The average molecular weight is 182 g/mol. The van der Waals surface area contributed by atoms with Gasteiger partial charge in [-0.1, -0.05) is 0 Å². The maximum absolute atomic E-state index is 10.7. The molecular weight excluding hydrogens is 168 g/mol. The molecule has 1 aromatic heterocycles.